The molecule has 2 atom stereocenters. The van der Waals surface area contributed by atoms with Crippen LogP contribution in [0.2, 0.25) is 0 Å². The van der Waals surface area contributed by atoms with Gasteiger partial charge >= 0.3 is 0 Å². The fourth-order valence-electron chi connectivity index (χ4n) is 5.65. The van der Waals surface area contributed by atoms with Crippen molar-refractivity contribution in [1.29, 1.82) is 0 Å². The molecule has 1 spiro atoms. The number of rotatable bonds is 4. The molecule has 7 nitrogen and oxygen atoms in total. The lowest BCUT2D eigenvalue weighted by Gasteiger charge is -2.35. The van der Waals surface area contributed by atoms with Crippen LogP contribution in [0, 0.1) is 5.82 Å². The zero-order chi connectivity index (χ0) is 23.6. The third-order valence-electron chi connectivity index (χ3n) is 7.06. The van der Waals surface area contributed by atoms with E-state index in [2.05, 4.69) is 0 Å². The Bertz CT molecular complexity index is 1410. The lowest BCUT2D eigenvalue weighted by atomic mass is 9.83. The summed E-state index contributed by atoms with van der Waals surface area (Å²) >= 11 is 0. The molecular formula is C26H23FN2O5. The average molecular weight is 462 g/mol. The summed E-state index contributed by atoms with van der Waals surface area (Å²) < 4.78 is 25.8. The van der Waals surface area contributed by atoms with Crippen molar-refractivity contribution in [3.8, 4) is 0 Å². The molecule has 34 heavy (non-hydrogen) atoms. The molecule has 8 heteroatoms. The Kier molecular flexibility index (Phi) is 4.64. The van der Waals surface area contributed by atoms with Gasteiger partial charge in [0.1, 0.15) is 11.4 Å². The summed E-state index contributed by atoms with van der Waals surface area (Å²) in [6.07, 6.45) is 2.05. The van der Waals surface area contributed by atoms with E-state index in [9.17, 15) is 18.8 Å². The monoisotopic (exact) mass is 462 g/mol. The Morgan fingerprint density at radius 3 is 2.74 bits per heavy atom. The Morgan fingerprint density at radius 2 is 1.97 bits per heavy atom. The topological polar surface area (TPSA) is 80.1 Å². The van der Waals surface area contributed by atoms with Crippen LogP contribution in [0.1, 0.15) is 47.9 Å². The van der Waals surface area contributed by atoms with Crippen molar-refractivity contribution in [2.24, 2.45) is 0 Å². The first kappa shape index (κ1) is 21.0. The van der Waals surface area contributed by atoms with Gasteiger partial charge < -0.3 is 19.0 Å². The summed E-state index contributed by atoms with van der Waals surface area (Å²) in [6, 6.07) is 10.8. The minimum atomic E-state index is -1.68. The Morgan fingerprint density at radius 1 is 1.15 bits per heavy atom. The van der Waals surface area contributed by atoms with Gasteiger partial charge in [-0.2, -0.15) is 0 Å². The van der Waals surface area contributed by atoms with E-state index in [0.29, 0.717) is 30.8 Å². The maximum Gasteiger partial charge on any atom is 0.291 e. The average Bonchev–Trinajstić information content (AvgIpc) is 3.50. The Hall–Kier alpha value is -3.52. The first-order chi connectivity index (χ1) is 16.5. The lowest BCUT2D eigenvalue weighted by Crippen LogP contribution is -2.55. The maximum atomic E-state index is 14.3. The molecule has 0 aliphatic carbocycles. The van der Waals surface area contributed by atoms with Crippen molar-refractivity contribution in [3.63, 3.8) is 0 Å². The van der Waals surface area contributed by atoms with E-state index in [0.717, 1.165) is 18.9 Å². The van der Waals surface area contributed by atoms with Gasteiger partial charge in [-0.15, -0.1) is 0 Å². The van der Waals surface area contributed by atoms with Crippen molar-refractivity contribution in [3.05, 3.63) is 75.4 Å². The van der Waals surface area contributed by atoms with Gasteiger partial charge in [-0.3, -0.25) is 14.4 Å². The predicted octanol–water partition coefficient (Wildman–Crippen LogP) is 3.57. The van der Waals surface area contributed by atoms with Gasteiger partial charge in [0.25, 0.3) is 11.8 Å². The lowest BCUT2D eigenvalue weighted by molar-refractivity contribution is -0.126. The molecule has 174 valence electrons. The highest BCUT2D eigenvalue weighted by Crippen LogP contribution is 2.52. The van der Waals surface area contributed by atoms with Crippen LogP contribution >= 0.6 is 0 Å². The minimum absolute atomic E-state index is 0.00381. The maximum absolute atomic E-state index is 14.3. The molecule has 2 unspecified atom stereocenters. The molecule has 3 aromatic rings. The second-order valence-corrected chi connectivity index (χ2v) is 9.01. The summed E-state index contributed by atoms with van der Waals surface area (Å²) in [7, 11) is 0. The van der Waals surface area contributed by atoms with Crippen molar-refractivity contribution in [2.45, 2.75) is 37.8 Å². The molecule has 2 amide bonds. The molecular weight excluding hydrogens is 439 g/mol. The number of nitrogens with zero attached hydrogens (tertiary/aromatic N) is 2. The first-order valence-electron chi connectivity index (χ1n) is 11.6. The molecule has 2 aromatic carbocycles. The zero-order valence-electron chi connectivity index (χ0n) is 18.7. The quantitative estimate of drug-likeness (QED) is 0.592. The van der Waals surface area contributed by atoms with Gasteiger partial charge in [0.05, 0.1) is 22.7 Å². The highest BCUT2D eigenvalue weighted by Gasteiger charge is 2.65. The summed E-state index contributed by atoms with van der Waals surface area (Å²) in [6.45, 7) is 3.12. The van der Waals surface area contributed by atoms with Crippen molar-refractivity contribution < 1.29 is 23.1 Å². The molecule has 0 radical (unpaired) electrons. The van der Waals surface area contributed by atoms with Gasteiger partial charge in [0, 0.05) is 25.3 Å². The molecule has 3 aliphatic heterocycles. The van der Waals surface area contributed by atoms with Crippen LogP contribution in [-0.2, 0) is 15.1 Å². The van der Waals surface area contributed by atoms with Crippen LogP contribution in [0.25, 0.3) is 11.0 Å². The number of amides is 2. The number of ether oxygens (including phenoxy) is 1. The first-order valence-corrected chi connectivity index (χ1v) is 11.6. The minimum Gasteiger partial charge on any atom is -0.450 e. The number of halogens is 1. The number of carbonyl (C=O) groups excluding carboxylic acids is 2. The van der Waals surface area contributed by atoms with Crippen molar-refractivity contribution in [1.82, 2.24) is 4.90 Å². The van der Waals surface area contributed by atoms with E-state index >= 15 is 0 Å². The number of para-hydroxylation sites is 1. The van der Waals surface area contributed by atoms with Crippen LogP contribution in [0.5, 0.6) is 0 Å². The Labute approximate surface area is 194 Å². The van der Waals surface area contributed by atoms with E-state index in [-0.39, 0.29) is 40.8 Å². The number of benzene rings is 2. The molecule has 0 saturated carbocycles. The second kappa shape index (κ2) is 7.50. The van der Waals surface area contributed by atoms with Crippen molar-refractivity contribution in [2.75, 3.05) is 24.6 Å². The fraction of sp³-hybridized carbons (Fsp3) is 0.346. The summed E-state index contributed by atoms with van der Waals surface area (Å²) in [5.74, 6) is -1.66. The van der Waals surface area contributed by atoms with Gasteiger partial charge in [0.2, 0.25) is 5.76 Å². The summed E-state index contributed by atoms with van der Waals surface area (Å²) in [5, 5.41) is 0.00381. The summed E-state index contributed by atoms with van der Waals surface area (Å²) in [5.41, 5.74) is -0.958. The number of hydrogen-bond donors (Lipinski definition) is 0. The molecule has 1 saturated heterocycles. The highest BCUT2D eigenvalue weighted by molar-refractivity contribution is 6.17. The summed E-state index contributed by atoms with van der Waals surface area (Å²) in [4.78, 5) is 45.0. The number of fused-ring (bicyclic) bond motifs is 5. The van der Waals surface area contributed by atoms with Gasteiger partial charge in [-0.1, -0.05) is 25.1 Å². The van der Waals surface area contributed by atoms with Crippen LogP contribution in [0.15, 0.2) is 51.7 Å². The molecule has 1 aromatic heterocycles. The predicted molar refractivity (Wildman–Crippen MR) is 122 cm³/mol. The van der Waals surface area contributed by atoms with Gasteiger partial charge in [-0.05, 0) is 43.5 Å². The molecule has 3 aliphatic rings. The smallest absolute Gasteiger partial charge is 0.291 e. The molecule has 6 rings (SSSR count). The van der Waals surface area contributed by atoms with E-state index < -0.39 is 22.7 Å². The molecule has 1 fully saturated rings. The van der Waals surface area contributed by atoms with Crippen LogP contribution in [0.3, 0.4) is 0 Å². The number of anilines is 1. The Balaban J connectivity index is 1.69. The van der Waals surface area contributed by atoms with Crippen molar-refractivity contribution >= 4 is 28.5 Å². The number of hydrogen-bond acceptors (Lipinski definition) is 5. The van der Waals surface area contributed by atoms with E-state index in [4.69, 9.17) is 9.15 Å². The highest BCUT2D eigenvalue weighted by atomic mass is 19.1. The molecule has 0 bridgehead atoms. The van der Waals surface area contributed by atoms with E-state index in [1.54, 1.807) is 17.0 Å². The second-order valence-electron chi connectivity index (χ2n) is 9.01. The van der Waals surface area contributed by atoms with E-state index in [1.807, 2.05) is 19.1 Å². The van der Waals surface area contributed by atoms with E-state index in [1.165, 1.54) is 17.0 Å². The fourth-order valence-corrected chi connectivity index (χ4v) is 5.65. The third kappa shape index (κ3) is 2.63. The molecule has 0 N–H and O–H groups in total. The zero-order valence-corrected chi connectivity index (χ0v) is 18.7. The number of carbonyl (C=O) groups is 2. The molecule has 4 heterocycles. The van der Waals surface area contributed by atoms with Crippen LogP contribution in [0.4, 0.5) is 10.1 Å². The van der Waals surface area contributed by atoms with Gasteiger partial charge in [-0.25, -0.2) is 4.39 Å². The standard InChI is InChI=1S/C26H23FN2O5/c1-2-11-28-19-8-4-3-7-18(19)26(25(28)32)21-22(30)17-13-15(27)9-10-20(17)34-23(21)24(31)29(26)14-16-6-5-12-33-16/h3-4,7-10,13,16H,2,5-6,11-12,14H2,1H3. The van der Waals surface area contributed by atoms with Crippen LogP contribution < -0.4 is 10.3 Å². The van der Waals surface area contributed by atoms with Gasteiger partial charge in [0.15, 0.2) is 11.0 Å². The largest absolute Gasteiger partial charge is 0.450 e. The third-order valence-corrected chi connectivity index (χ3v) is 7.06. The normalized spacial score (nSPS) is 23.4. The SMILES string of the molecule is CCCN1C(=O)C2(c3ccccc31)c1c(oc3ccc(F)cc3c1=O)C(=O)N2CC1CCCO1. The van der Waals surface area contributed by atoms with Crippen LogP contribution in [-0.4, -0.2) is 42.5 Å².